The highest BCUT2D eigenvalue weighted by molar-refractivity contribution is 5.30. The van der Waals surface area contributed by atoms with Crippen LogP contribution in [0.2, 0.25) is 0 Å². The summed E-state index contributed by atoms with van der Waals surface area (Å²) in [6.07, 6.45) is 3.66. The molecule has 0 fully saturated rings. The number of nitrogens with zero attached hydrogens (tertiary/aromatic N) is 4. The Kier molecular flexibility index (Phi) is 5.03. The summed E-state index contributed by atoms with van der Waals surface area (Å²) in [5.41, 5.74) is 0.991. The van der Waals surface area contributed by atoms with E-state index in [4.69, 9.17) is 0 Å². The van der Waals surface area contributed by atoms with Gasteiger partial charge in [-0.3, -0.25) is 0 Å². The lowest BCUT2D eigenvalue weighted by Gasteiger charge is -2.12. The lowest BCUT2D eigenvalue weighted by atomic mass is 10.1. The molecule has 0 aliphatic heterocycles. The van der Waals surface area contributed by atoms with Crippen LogP contribution in [0.25, 0.3) is 5.69 Å². The molecule has 0 aliphatic rings. The van der Waals surface area contributed by atoms with Crippen LogP contribution in [0, 0.1) is 0 Å². The van der Waals surface area contributed by atoms with Gasteiger partial charge in [0.1, 0.15) is 0 Å². The van der Waals surface area contributed by atoms with Gasteiger partial charge in [-0.05, 0) is 35.9 Å². The van der Waals surface area contributed by atoms with Gasteiger partial charge in [0.2, 0.25) is 0 Å². The van der Waals surface area contributed by atoms with Crippen LogP contribution in [-0.2, 0) is 6.54 Å². The maximum Gasteiger partial charge on any atom is 0.170 e. The van der Waals surface area contributed by atoms with Gasteiger partial charge in [0, 0.05) is 6.04 Å². The average molecular weight is 259 g/mol. The lowest BCUT2D eigenvalue weighted by molar-refractivity contribution is 0.483. The van der Waals surface area contributed by atoms with E-state index in [9.17, 15) is 0 Å². The van der Waals surface area contributed by atoms with Gasteiger partial charge in [-0.25, -0.2) is 0 Å². The third kappa shape index (κ3) is 3.86. The van der Waals surface area contributed by atoms with Crippen molar-refractivity contribution in [3.05, 3.63) is 36.2 Å². The summed E-state index contributed by atoms with van der Waals surface area (Å²) in [7, 11) is 0. The number of aromatic nitrogens is 4. The van der Waals surface area contributed by atoms with Crippen molar-refractivity contribution in [3.63, 3.8) is 0 Å². The number of para-hydroxylation sites is 1. The molecule has 0 radical (unpaired) electrons. The zero-order valence-electron chi connectivity index (χ0n) is 11.6. The fourth-order valence-corrected chi connectivity index (χ4v) is 1.96. The van der Waals surface area contributed by atoms with Crippen molar-refractivity contribution in [1.82, 2.24) is 25.5 Å². The van der Waals surface area contributed by atoms with Crippen molar-refractivity contribution in [2.75, 3.05) is 0 Å². The highest BCUT2D eigenvalue weighted by Gasteiger charge is 2.09. The Morgan fingerprint density at radius 3 is 2.79 bits per heavy atom. The van der Waals surface area contributed by atoms with Crippen LogP contribution in [0.1, 0.15) is 38.9 Å². The first-order chi connectivity index (χ1) is 9.31. The first-order valence-electron chi connectivity index (χ1n) is 6.87. The molecule has 0 amide bonds. The molecule has 0 bridgehead atoms. The summed E-state index contributed by atoms with van der Waals surface area (Å²) in [5.74, 6) is 0.842. The van der Waals surface area contributed by atoms with Gasteiger partial charge in [-0.1, -0.05) is 38.0 Å². The maximum atomic E-state index is 4.08. The van der Waals surface area contributed by atoms with E-state index in [0.717, 1.165) is 11.5 Å². The second-order valence-electron chi connectivity index (χ2n) is 4.77. The van der Waals surface area contributed by atoms with Gasteiger partial charge in [0.25, 0.3) is 0 Å². The molecule has 5 heteroatoms. The molecule has 5 nitrogen and oxygen atoms in total. The quantitative estimate of drug-likeness (QED) is 0.829. The third-order valence-corrected chi connectivity index (χ3v) is 3.13. The van der Waals surface area contributed by atoms with Crippen LogP contribution in [0.15, 0.2) is 30.3 Å². The normalized spacial score (nSPS) is 12.5. The Morgan fingerprint density at radius 2 is 2.05 bits per heavy atom. The standard InChI is InChI=1S/C14H21N5/c1-3-4-8-12(2)15-11-14-16-17-18-19(14)13-9-6-5-7-10-13/h5-7,9-10,12,15H,3-4,8,11H2,1-2H3. The van der Waals surface area contributed by atoms with Gasteiger partial charge >= 0.3 is 0 Å². The summed E-state index contributed by atoms with van der Waals surface area (Å²) < 4.78 is 1.78. The van der Waals surface area contributed by atoms with Crippen LogP contribution < -0.4 is 5.32 Å². The molecule has 2 aromatic rings. The molecular weight excluding hydrogens is 238 g/mol. The van der Waals surface area contributed by atoms with E-state index in [2.05, 4.69) is 34.7 Å². The molecule has 1 unspecified atom stereocenters. The first-order valence-corrected chi connectivity index (χ1v) is 6.87. The van der Waals surface area contributed by atoms with Crippen LogP contribution >= 0.6 is 0 Å². The van der Waals surface area contributed by atoms with E-state index < -0.39 is 0 Å². The molecule has 0 aliphatic carbocycles. The summed E-state index contributed by atoms with van der Waals surface area (Å²) in [4.78, 5) is 0. The van der Waals surface area contributed by atoms with Gasteiger partial charge in [-0.15, -0.1) is 5.10 Å². The minimum atomic E-state index is 0.487. The Labute approximate surface area is 114 Å². The number of benzene rings is 1. The largest absolute Gasteiger partial charge is 0.307 e. The molecule has 102 valence electrons. The predicted molar refractivity (Wildman–Crippen MR) is 75.0 cm³/mol. The molecule has 2 rings (SSSR count). The third-order valence-electron chi connectivity index (χ3n) is 3.13. The number of hydrogen-bond acceptors (Lipinski definition) is 4. The maximum absolute atomic E-state index is 4.08. The zero-order chi connectivity index (χ0) is 13.5. The number of unbranched alkanes of at least 4 members (excludes halogenated alkanes) is 1. The molecule has 1 N–H and O–H groups in total. The van der Waals surface area contributed by atoms with E-state index in [1.165, 1.54) is 19.3 Å². The van der Waals surface area contributed by atoms with Crippen LogP contribution in [0.5, 0.6) is 0 Å². The van der Waals surface area contributed by atoms with Gasteiger partial charge in [0.05, 0.1) is 12.2 Å². The van der Waals surface area contributed by atoms with Gasteiger partial charge in [0.15, 0.2) is 5.82 Å². The molecule has 1 atom stereocenters. The molecule has 0 saturated carbocycles. The minimum absolute atomic E-state index is 0.487. The van der Waals surface area contributed by atoms with Crippen molar-refractivity contribution in [1.29, 1.82) is 0 Å². The topological polar surface area (TPSA) is 55.6 Å². The molecule has 1 aromatic heterocycles. The Hall–Kier alpha value is -1.75. The second-order valence-corrected chi connectivity index (χ2v) is 4.77. The summed E-state index contributed by atoms with van der Waals surface area (Å²) in [5, 5.41) is 15.4. The molecule has 0 saturated heterocycles. The predicted octanol–water partition coefficient (Wildman–Crippen LogP) is 2.33. The fourth-order valence-electron chi connectivity index (χ4n) is 1.96. The van der Waals surface area contributed by atoms with E-state index >= 15 is 0 Å². The fraction of sp³-hybridized carbons (Fsp3) is 0.500. The van der Waals surface area contributed by atoms with E-state index in [1.54, 1.807) is 4.68 Å². The zero-order valence-corrected chi connectivity index (χ0v) is 11.6. The van der Waals surface area contributed by atoms with Crippen LogP contribution in [0.3, 0.4) is 0 Å². The van der Waals surface area contributed by atoms with Crippen molar-refractivity contribution >= 4 is 0 Å². The first kappa shape index (κ1) is 13.7. The summed E-state index contributed by atoms with van der Waals surface area (Å²) >= 11 is 0. The number of rotatable bonds is 7. The lowest BCUT2D eigenvalue weighted by Crippen LogP contribution is -2.26. The molecule has 19 heavy (non-hydrogen) atoms. The number of tetrazole rings is 1. The summed E-state index contributed by atoms with van der Waals surface area (Å²) in [6, 6.07) is 10.4. The SMILES string of the molecule is CCCCC(C)NCc1nnnn1-c1ccccc1. The van der Waals surface area contributed by atoms with Crippen molar-refractivity contribution in [3.8, 4) is 5.69 Å². The second kappa shape index (κ2) is 6.99. The van der Waals surface area contributed by atoms with E-state index in [1.807, 2.05) is 30.3 Å². The van der Waals surface area contributed by atoms with Gasteiger partial charge in [-0.2, -0.15) is 4.68 Å². The smallest absolute Gasteiger partial charge is 0.170 e. The Balaban J connectivity index is 1.97. The summed E-state index contributed by atoms with van der Waals surface area (Å²) in [6.45, 7) is 5.10. The van der Waals surface area contributed by atoms with Crippen molar-refractivity contribution < 1.29 is 0 Å². The van der Waals surface area contributed by atoms with Crippen LogP contribution in [-0.4, -0.2) is 26.2 Å². The number of hydrogen-bond donors (Lipinski definition) is 1. The molecular formula is C14H21N5. The van der Waals surface area contributed by atoms with Crippen molar-refractivity contribution in [2.45, 2.75) is 45.7 Å². The van der Waals surface area contributed by atoms with Crippen molar-refractivity contribution in [2.24, 2.45) is 0 Å². The van der Waals surface area contributed by atoms with Gasteiger partial charge < -0.3 is 5.32 Å². The molecule has 1 aromatic carbocycles. The highest BCUT2D eigenvalue weighted by atomic mass is 15.5. The molecule has 1 heterocycles. The number of nitrogens with one attached hydrogen (secondary N) is 1. The Bertz CT molecular complexity index is 480. The van der Waals surface area contributed by atoms with E-state index in [-0.39, 0.29) is 0 Å². The minimum Gasteiger partial charge on any atom is -0.307 e. The Morgan fingerprint density at radius 1 is 1.26 bits per heavy atom. The van der Waals surface area contributed by atoms with E-state index in [0.29, 0.717) is 12.6 Å². The molecule has 0 spiro atoms. The average Bonchev–Trinajstić information content (AvgIpc) is 2.92. The highest BCUT2D eigenvalue weighted by Crippen LogP contribution is 2.07. The monoisotopic (exact) mass is 259 g/mol. The van der Waals surface area contributed by atoms with Crippen LogP contribution in [0.4, 0.5) is 0 Å².